The van der Waals surface area contributed by atoms with Crippen molar-refractivity contribution < 1.29 is 4.43 Å². The third kappa shape index (κ3) is 3.63. The van der Waals surface area contributed by atoms with Crippen LogP contribution in [-0.4, -0.2) is 8.32 Å². The fourth-order valence-electron chi connectivity index (χ4n) is 3.56. The maximum absolute atomic E-state index is 6.89. The van der Waals surface area contributed by atoms with Crippen molar-refractivity contribution in [2.24, 2.45) is 0 Å². The summed E-state index contributed by atoms with van der Waals surface area (Å²) < 4.78 is 6.89. The number of hydrogen-bond acceptors (Lipinski definition) is 1. The lowest BCUT2D eigenvalue weighted by molar-refractivity contribution is 0.286. The largest absolute Gasteiger partial charge is 0.403 e. The SMILES string of the molecule is CC(C)(C)[Si](OCc1ccccc1Cl)(c1ccccc1)c1ccccc1. The molecule has 0 N–H and O–H groups in total. The van der Waals surface area contributed by atoms with Crippen LogP contribution in [0, 0.1) is 0 Å². The topological polar surface area (TPSA) is 9.23 Å². The molecule has 134 valence electrons. The first-order chi connectivity index (χ1) is 12.4. The molecule has 0 aliphatic heterocycles. The Morgan fingerprint density at radius 1 is 0.731 bits per heavy atom. The summed E-state index contributed by atoms with van der Waals surface area (Å²) in [5.74, 6) is 0. The van der Waals surface area contributed by atoms with Crippen molar-refractivity contribution in [2.45, 2.75) is 32.4 Å². The van der Waals surface area contributed by atoms with Crippen LogP contribution in [0.2, 0.25) is 10.1 Å². The summed E-state index contributed by atoms with van der Waals surface area (Å²) >= 11 is 6.39. The van der Waals surface area contributed by atoms with E-state index in [9.17, 15) is 0 Å². The Balaban J connectivity index is 2.13. The smallest absolute Gasteiger partial charge is 0.261 e. The number of halogens is 1. The van der Waals surface area contributed by atoms with Crippen LogP contribution in [0.4, 0.5) is 0 Å². The molecule has 0 aromatic heterocycles. The van der Waals surface area contributed by atoms with Crippen LogP contribution in [0.15, 0.2) is 84.9 Å². The van der Waals surface area contributed by atoms with Gasteiger partial charge in [-0.05, 0) is 27.0 Å². The van der Waals surface area contributed by atoms with Crippen molar-refractivity contribution in [1.29, 1.82) is 0 Å². The third-order valence-corrected chi connectivity index (χ3v) is 10.2. The molecule has 0 aliphatic rings. The Morgan fingerprint density at radius 2 is 1.19 bits per heavy atom. The minimum Gasteiger partial charge on any atom is -0.403 e. The van der Waals surface area contributed by atoms with Gasteiger partial charge in [-0.3, -0.25) is 0 Å². The van der Waals surface area contributed by atoms with Gasteiger partial charge >= 0.3 is 0 Å². The Kier molecular flexibility index (Phi) is 5.66. The Labute approximate surface area is 162 Å². The lowest BCUT2D eigenvalue weighted by atomic mass is 10.2. The van der Waals surface area contributed by atoms with Gasteiger partial charge in [-0.25, -0.2) is 0 Å². The van der Waals surface area contributed by atoms with Crippen LogP contribution in [0.25, 0.3) is 0 Å². The molecule has 0 amide bonds. The summed E-state index contributed by atoms with van der Waals surface area (Å²) in [6.45, 7) is 7.36. The average molecular weight is 381 g/mol. The van der Waals surface area contributed by atoms with Crippen molar-refractivity contribution in [1.82, 2.24) is 0 Å². The van der Waals surface area contributed by atoms with Gasteiger partial charge in [-0.2, -0.15) is 0 Å². The van der Waals surface area contributed by atoms with Crippen molar-refractivity contribution in [2.75, 3.05) is 0 Å². The van der Waals surface area contributed by atoms with Crippen molar-refractivity contribution in [3.63, 3.8) is 0 Å². The number of hydrogen-bond donors (Lipinski definition) is 0. The Bertz CT molecular complexity index is 801. The molecule has 26 heavy (non-hydrogen) atoms. The van der Waals surface area contributed by atoms with E-state index in [4.69, 9.17) is 16.0 Å². The van der Waals surface area contributed by atoms with Crippen LogP contribution in [-0.2, 0) is 11.0 Å². The molecule has 0 atom stereocenters. The van der Waals surface area contributed by atoms with Crippen LogP contribution in [0.3, 0.4) is 0 Å². The third-order valence-electron chi connectivity index (χ3n) is 4.82. The van der Waals surface area contributed by atoms with E-state index >= 15 is 0 Å². The summed E-state index contributed by atoms with van der Waals surface area (Å²) in [7, 11) is -2.51. The molecule has 1 nitrogen and oxygen atoms in total. The molecule has 0 fully saturated rings. The maximum Gasteiger partial charge on any atom is 0.261 e. The van der Waals surface area contributed by atoms with Gasteiger partial charge in [-0.15, -0.1) is 0 Å². The Hall–Kier alpha value is -1.87. The molecule has 0 unspecified atom stereocenters. The molecule has 3 heteroatoms. The fraction of sp³-hybridized carbons (Fsp3) is 0.217. The van der Waals surface area contributed by atoms with Gasteiger partial charge in [0.1, 0.15) is 0 Å². The summed E-state index contributed by atoms with van der Waals surface area (Å²) in [4.78, 5) is 0. The molecule has 0 saturated heterocycles. The zero-order valence-electron chi connectivity index (χ0n) is 15.6. The predicted molar refractivity (Wildman–Crippen MR) is 114 cm³/mol. The monoisotopic (exact) mass is 380 g/mol. The van der Waals surface area contributed by atoms with Crippen LogP contribution < -0.4 is 10.4 Å². The number of benzene rings is 3. The first-order valence-corrected chi connectivity index (χ1v) is 11.2. The molecule has 0 aliphatic carbocycles. The molecule has 3 aromatic rings. The first-order valence-electron chi connectivity index (χ1n) is 8.93. The summed E-state index contributed by atoms with van der Waals surface area (Å²) in [6, 6.07) is 29.3. The van der Waals surface area contributed by atoms with Crippen molar-refractivity contribution >= 4 is 30.3 Å². The van der Waals surface area contributed by atoms with Crippen LogP contribution in [0.1, 0.15) is 26.3 Å². The van der Waals surface area contributed by atoms with Crippen LogP contribution in [0.5, 0.6) is 0 Å². The molecular formula is C23H25ClOSi. The highest BCUT2D eigenvalue weighted by Gasteiger charge is 2.50. The second-order valence-electron chi connectivity index (χ2n) is 7.54. The number of rotatable bonds is 5. The lowest BCUT2D eigenvalue weighted by Crippen LogP contribution is -2.66. The van der Waals surface area contributed by atoms with Gasteiger partial charge in [0, 0.05) is 5.02 Å². The van der Waals surface area contributed by atoms with Gasteiger partial charge < -0.3 is 4.43 Å². The summed E-state index contributed by atoms with van der Waals surface area (Å²) in [5.41, 5.74) is 1.03. The molecule has 0 saturated carbocycles. The van der Waals surface area contributed by atoms with Gasteiger partial charge in [0.2, 0.25) is 0 Å². The van der Waals surface area contributed by atoms with E-state index < -0.39 is 8.32 Å². The highest BCUT2D eigenvalue weighted by molar-refractivity contribution is 6.99. The van der Waals surface area contributed by atoms with E-state index in [1.54, 1.807) is 0 Å². The Morgan fingerprint density at radius 3 is 1.65 bits per heavy atom. The fourth-order valence-corrected chi connectivity index (χ4v) is 8.28. The second-order valence-corrected chi connectivity index (χ2v) is 12.3. The van der Waals surface area contributed by atoms with E-state index in [-0.39, 0.29) is 5.04 Å². The van der Waals surface area contributed by atoms with E-state index in [0.717, 1.165) is 10.6 Å². The predicted octanol–water partition coefficient (Wildman–Crippen LogP) is 5.42. The molecule has 3 rings (SSSR count). The lowest BCUT2D eigenvalue weighted by Gasteiger charge is -2.43. The van der Waals surface area contributed by atoms with Crippen LogP contribution >= 0.6 is 11.6 Å². The molecular weight excluding hydrogens is 356 g/mol. The highest BCUT2D eigenvalue weighted by atomic mass is 35.5. The maximum atomic E-state index is 6.89. The van der Waals surface area contributed by atoms with Gasteiger partial charge in [0.15, 0.2) is 0 Å². The molecule has 0 bridgehead atoms. The van der Waals surface area contributed by atoms with E-state index in [0.29, 0.717) is 6.61 Å². The second kappa shape index (κ2) is 7.79. The average Bonchev–Trinajstić information content (AvgIpc) is 2.64. The van der Waals surface area contributed by atoms with Crippen molar-refractivity contribution in [3.05, 3.63) is 95.5 Å². The standard InChI is InChI=1S/C23H25ClOSi/c1-23(2,3)26(20-13-6-4-7-14-20,21-15-8-5-9-16-21)25-18-19-12-10-11-17-22(19)24/h4-17H,18H2,1-3H3. The first kappa shape index (κ1) is 18.9. The van der Waals surface area contributed by atoms with Gasteiger partial charge in [0.05, 0.1) is 6.61 Å². The summed E-state index contributed by atoms with van der Waals surface area (Å²) in [6.07, 6.45) is 0. The summed E-state index contributed by atoms with van der Waals surface area (Å²) in [5, 5.41) is 3.29. The normalized spacial score (nSPS) is 12.2. The van der Waals surface area contributed by atoms with Crippen molar-refractivity contribution in [3.8, 4) is 0 Å². The highest BCUT2D eigenvalue weighted by Crippen LogP contribution is 2.37. The van der Waals surface area contributed by atoms with Gasteiger partial charge in [-0.1, -0.05) is 111 Å². The zero-order valence-corrected chi connectivity index (χ0v) is 17.3. The molecule has 0 spiro atoms. The molecule has 0 radical (unpaired) electrons. The van der Waals surface area contributed by atoms with E-state index in [1.165, 1.54) is 10.4 Å². The minimum absolute atomic E-state index is 0.0308. The van der Waals surface area contributed by atoms with E-state index in [1.807, 2.05) is 24.3 Å². The minimum atomic E-state index is -2.51. The van der Waals surface area contributed by atoms with Gasteiger partial charge in [0.25, 0.3) is 8.32 Å². The quantitative estimate of drug-likeness (QED) is 0.537. The van der Waals surface area contributed by atoms with E-state index in [2.05, 4.69) is 81.4 Å². The molecule has 3 aromatic carbocycles. The molecule has 0 heterocycles. The zero-order chi connectivity index (χ0) is 18.6.